The van der Waals surface area contributed by atoms with Crippen molar-refractivity contribution in [3.63, 3.8) is 0 Å². The van der Waals surface area contributed by atoms with Crippen molar-refractivity contribution in [2.24, 2.45) is 5.73 Å². The molecular weight excluding hydrogens is 243 g/mol. The van der Waals surface area contributed by atoms with Gasteiger partial charge in [0.25, 0.3) is 0 Å². The fourth-order valence-corrected chi connectivity index (χ4v) is 1.83. The van der Waals surface area contributed by atoms with E-state index in [1.54, 1.807) is 12.1 Å². The zero-order valence-electron chi connectivity index (χ0n) is 11.0. The molecule has 5 heteroatoms. The molecule has 0 aliphatic heterocycles. The van der Waals surface area contributed by atoms with Gasteiger partial charge in [0, 0.05) is 25.2 Å². The molecular formula is C14H17FN4. The molecule has 1 atom stereocenters. The number of likely N-dealkylation sites (N-methyl/N-ethyl adjacent to an activating group) is 1. The van der Waals surface area contributed by atoms with Crippen molar-refractivity contribution in [3.8, 4) is 11.3 Å². The number of aromatic nitrogens is 2. The Hall–Kier alpha value is -2.01. The van der Waals surface area contributed by atoms with E-state index in [0.29, 0.717) is 6.54 Å². The Balaban J connectivity index is 2.16. The van der Waals surface area contributed by atoms with Crippen LogP contribution in [-0.4, -0.2) is 29.8 Å². The first-order valence-corrected chi connectivity index (χ1v) is 6.12. The summed E-state index contributed by atoms with van der Waals surface area (Å²) in [5.41, 5.74) is 7.30. The smallest absolute Gasteiger partial charge is 0.151 e. The lowest BCUT2D eigenvalue weighted by Gasteiger charge is -2.19. The second-order valence-corrected chi connectivity index (χ2v) is 4.64. The molecule has 0 aliphatic carbocycles. The van der Waals surface area contributed by atoms with Crippen molar-refractivity contribution in [3.05, 3.63) is 42.2 Å². The lowest BCUT2D eigenvalue weighted by Crippen LogP contribution is -2.33. The maximum atomic E-state index is 12.8. The van der Waals surface area contributed by atoms with Gasteiger partial charge < -0.3 is 10.6 Å². The summed E-state index contributed by atoms with van der Waals surface area (Å²) in [6.07, 6.45) is 0. The van der Waals surface area contributed by atoms with Gasteiger partial charge in [-0.15, -0.1) is 10.2 Å². The minimum Gasteiger partial charge on any atom is -0.357 e. The molecule has 2 N–H and O–H groups in total. The molecule has 2 aromatic rings. The predicted molar refractivity (Wildman–Crippen MR) is 74.3 cm³/mol. The molecule has 0 fully saturated rings. The van der Waals surface area contributed by atoms with Crippen molar-refractivity contribution in [2.75, 3.05) is 18.5 Å². The molecule has 0 aliphatic rings. The summed E-state index contributed by atoms with van der Waals surface area (Å²) < 4.78 is 12.8. The largest absolute Gasteiger partial charge is 0.357 e. The Kier molecular flexibility index (Phi) is 4.06. The minimum absolute atomic E-state index is 0.0728. The second kappa shape index (κ2) is 5.75. The summed E-state index contributed by atoms with van der Waals surface area (Å²) in [5.74, 6) is 0.508. The molecule has 0 radical (unpaired) electrons. The van der Waals surface area contributed by atoms with E-state index in [9.17, 15) is 4.39 Å². The van der Waals surface area contributed by atoms with Gasteiger partial charge in [-0.1, -0.05) is 0 Å². The summed E-state index contributed by atoms with van der Waals surface area (Å²) in [6.45, 7) is 2.65. The van der Waals surface area contributed by atoms with E-state index in [-0.39, 0.29) is 11.9 Å². The Labute approximate surface area is 112 Å². The molecule has 1 unspecified atom stereocenters. The molecule has 1 aromatic heterocycles. The van der Waals surface area contributed by atoms with E-state index in [4.69, 9.17) is 5.73 Å². The minimum atomic E-state index is -0.259. The third-order valence-corrected chi connectivity index (χ3v) is 2.74. The van der Waals surface area contributed by atoms with Gasteiger partial charge in [0.1, 0.15) is 5.82 Å². The highest BCUT2D eigenvalue weighted by molar-refractivity contribution is 5.59. The first-order valence-electron chi connectivity index (χ1n) is 6.12. The average Bonchev–Trinajstić information content (AvgIpc) is 2.39. The van der Waals surface area contributed by atoms with Crippen molar-refractivity contribution >= 4 is 5.82 Å². The predicted octanol–water partition coefficient (Wildman–Crippen LogP) is 2.07. The van der Waals surface area contributed by atoms with Crippen LogP contribution in [0.1, 0.15) is 6.92 Å². The molecule has 0 amide bonds. The fraction of sp³-hybridized carbons (Fsp3) is 0.286. The number of hydrogen-bond acceptors (Lipinski definition) is 4. The molecule has 0 saturated carbocycles. The number of nitrogens with zero attached hydrogens (tertiary/aromatic N) is 3. The summed E-state index contributed by atoms with van der Waals surface area (Å²) in [6, 6.07) is 10.0. The lowest BCUT2D eigenvalue weighted by atomic mass is 10.1. The van der Waals surface area contributed by atoms with Gasteiger partial charge in [0.2, 0.25) is 0 Å². The van der Waals surface area contributed by atoms with Gasteiger partial charge in [-0.3, -0.25) is 0 Å². The van der Waals surface area contributed by atoms with Crippen LogP contribution in [-0.2, 0) is 0 Å². The molecule has 100 valence electrons. The zero-order chi connectivity index (χ0) is 13.8. The van der Waals surface area contributed by atoms with E-state index < -0.39 is 0 Å². The number of benzene rings is 1. The highest BCUT2D eigenvalue weighted by Gasteiger charge is 2.06. The van der Waals surface area contributed by atoms with E-state index in [0.717, 1.165) is 17.1 Å². The SMILES string of the molecule is CC(N)CN(C)c1ccc(-c2ccc(F)cc2)nn1. The standard InChI is InChI=1S/C14H17FN4/c1-10(16)9-19(2)14-8-7-13(17-18-14)11-3-5-12(15)6-4-11/h3-8,10H,9,16H2,1-2H3. The topological polar surface area (TPSA) is 55.0 Å². The maximum absolute atomic E-state index is 12.8. The summed E-state index contributed by atoms with van der Waals surface area (Å²) >= 11 is 0. The van der Waals surface area contributed by atoms with E-state index >= 15 is 0 Å². The third kappa shape index (κ3) is 3.48. The molecule has 1 aromatic carbocycles. The van der Waals surface area contributed by atoms with Crippen molar-refractivity contribution < 1.29 is 4.39 Å². The zero-order valence-corrected chi connectivity index (χ0v) is 11.0. The number of rotatable bonds is 4. The van der Waals surface area contributed by atoms with Gasteiger partial charge in [0.05, 0.1) is 5.69 Å². The fourth-order valence-electron chi connectivity index (χ4n) is 1.83. The van der Waals surface area contributed by atoms with Crippen LogP contribution in [0.25, 0.3) is 11.3 Å². The Morgan fingerprint density at radius 1 is 1.16 bits per heavy atom. The van der Waals surface area contributed by atoms with Gasteiger partial charge in [0.15, 0.2) is 5.82 Å². The van der Waals surface area contributed by atoms with Gasteiger partial charge in [-0.25, -0.2) is 4.39 Å². The van der Waals surface area contributed by atoms with Crippen LogP contribution in [0.15, 0.2) is 36.4 Å². The molecule has 0 bridgehead atoms. The third-order valence-electron chi connectivity index (χ3n) is 2.74. The van der Waals surface area contributed by atoms with E-state index in [1.165, 1.54) is 12.1 Å². The molecule has 4 nitrogen and oxygen atoms in total. The Bertz CT molecular complexity index is 522. The van der Waals surface area contributed by atoms with Crippen LogP contribution in [0, 0.1) is 5.82 Å². The summed E-state index contributed by atoms with van der Waals surface area (Å²) in [7, 11) is 1.92. The van der Waals surface area contributed by atoms with Crippen LogP contribution in [0.4, 0.5) is 10.2 Å². The normalized spacial score (nSPS) is 12.2. The molecule has 1 heterocycles. The first-order chi connectivity index (χ1) is 9.06. The monoisotopic (exact) mass is 260 g/mol. The Morgan fingerprint density at radius 3 is 2.37 bits per heavy atom. The molecule has 2 rings (SSSR count). The average molecular weight is 260 g/mol. The first kappa shape index (κ1) is 13.4. The molecule has 19 heavy (non-hydrogen) atoms. The highest BCUT2D eigenvalue weighted by Crippen LogP contribution is 2.18. The van der Waals surface area contributed by atoms with Gasteiger partial charge in [-0.2, -0.15) is 0 Å². The number of nitrogens with two attached hydrogens (primary N) is 1. The van der Waals surface area contributed by atoms with Crippen LogP contribution in [0.5, 0.6) is 0 Å². The van der Waals surface area contributed by atoms with Crippen LogP contribution >= 0.6 is 0 Å². The summed E-state index contributed by atoms with van der Waals surface area (Å²) in [5, 5.41) is 8.31. The van der Waals surface area contributed by atoms with Crippen LogP contribution in [0.3, 0.4) is 0 Å². The van der Waals surface area contributed by atoms with E-state index in [1.807, 2.05) is 31.0 Å². The molecule has 0 saturated heterocycles. The number of halogens is 1. The summed E-state index contributed by atoms with van der Waals surface area (Å²) in [4.78, 5) is 1.95. The quantitative estimate of drug-likeness (QED) is 0.914. The van der Waals surface area contributed by atoms with Gasteiger partial charge in [-0.05, 0) is 43.3 Å². The second-order valence-electron chi connectivity index (χ2n) is 4.64. The maximum Gasteiger partial charge on any atom is 0.151 e. The lowest BCUT2D eigenvalue weighted by molar-refractivity contribution is 0.628. The van der Waals surface area contributed by atoms with Crippen molar-refractivity contribution in [1.29, 1.82) is 0 Å². The highest BCUT2D eigenvalue weighted by atomic mass is 19.1. The van der Waals surface area contributed by atoms with Crippen molar-refractivity contribution in [1.82, 2.24) is 10.2 Å². The Morgan fingerprint density at radius 2 is 1.84 bits per heavy atom. The number of hydrogen-bond donors (Lipinski definition) is 1. The van der Waals surface area contributed by atoms with Crippen LogP contribution < -0.4 is 10.6 Å². The van der Waals surface area contributed by atoms with Crippen LogP contribution in [0.2, 0.25) is 0 Å². The van der Waals surface area contributed by atoms with Crippen molar-refractivity contribution in [2.45, 2.75) is 13.0 Å². The number of anilines is 1. The molecule has 0 spiro atoms. The van der Waals surface area contributed by atoms with E-state index in [2.05, 4.69) is 10.2 Å². The van der Waals surface area contributed by atoms with Gasteiger partial charge >= 0.3 is 0 Å².